The van der Waals surface area contributed by atoms with E-state index in [9.17, 15) is 21.6 Å². The van der Waals surface area contributed by atoms with Gasteiger partial charge in [0.25, 0.3) is 0 Å². The number of sulfonamides is 1. The monoisotopic (exact) mass is 233 g/mol. The summed E-state index contributed by atoms with van der Waals surface area (Å²) in [6, 6.07) is -1.13. The van der Waals surface area contributed by atoms with E-state index in [1.165, 1.54) is 13.8 Å². The standard InChI is InChI=1S/C7H14F3NO2S/c1-4-6(7(8,9)10)5(2)11-14(3,12)13/h5-6,11H,4H2,1-3H3. The molecule has 0 fully saturated rings. The molecule has 86 valence electrons. The van der Waals surface area contributed by atoms with Crippen LogP contribution in [0.15, 0.2) is 0 Å². The Morgan fingerprint density at radius 3 is 2.00 bits per heavy atom. The molecule has 0 aromatic heterocycles. The summed E-state index contributed by atoms with van der Waals surface area (Å²) in [5, 5.41) is 0. The minimum absolute atomic E-state index is 0.146. The van der Waals surface area contributed by atoms with Crippen molar-refractivity contribution < 1.29 is 21.6 Å². The van der Waals surface area contributed by atoms with Crippen LogP contribution in [0, 0.1) is 5.92 Å². The highest BCUT2D eigenvalue weighted by molar-refractivity contribution is 7.88. The fourth-order valence-corrected chi connectivity index (χ4v) is 2.13. The summed E-state index contributed by atoms with van der Waals surface area (Å²) >= 11 is 0. The molecule has 0 amide bonds. The van der Waals surface area contributed by atoms with Crippen LogP contribution >= 0.6 is 0 Å². The van der Waals surface area contributed by atoms with Crippen LogP contribution in [0.3, 0.4) is 0 Å². The third-order valence-corrected chi connectivity index (χ3v) is 2.66. The highest BCUT2D eigenvalue weighted by Gasteiger charge is 2.42. The van der Waals surface area contributed by atoms with Crippen LogP contribution in [0.2, 0.25) is 0 Å². The van der Waals surface area contributed by atoms with Gasteiger partial charge in [0.2, 0.25) is 10.0 Å². The van der Waals surface area contributed by atoms with Gasteiger partial charge in [-0.3, -0.25) is 0 Å². The molecule has 0 spiro atoms. The van der Waals surface area contributed by atoms with E-state index in [0.717, 1.165) is 6.26 Å². The lowest BCUT2D eigenvalue weighted by atomic mass is 9.99. The maximum absolute atomic E-state index is 12.3. The maximum atomic E-state index is 12.3. The van der Waals surface area contributed by atoms with Crippen molar-refractivity contribution in [2.75, 3.05) is 6.26 Å². The van der Waals surface area contributed by atoms with Gasteiger partial charge in [0, 0.05) is 6.04 Å². The average Bonchev–Trinajstić information content (AvgIpc) is 1.79. The molecule has 2 atom stereocenters. The lowest BCUT2D eigenvalue weighted by molar-refractivity contribution is -0.180. The van der Waals surface area contributed by atoms with Crippen molar-refractivity contribution in [3.63, 3.8) is 0 Å². The van der Waals surface area contributed by atoms with Crippen molar-refractivity contribution in [3.8, 4) is 0 Å². The zero-order valence-corrected chi connectivity index (χ0v) is 9.04. The van der Waals surface area contributed by atoms with E-state index >= 15 is 0 Å². The zero-order chi connectivity index (χ0) is 11.6. The highest BCUT2D eigenvalue weighted by atomic mass is 32.2. The predicted octanol–water partition coefficient (Wildman–Crippen LogP) is 1.51. The Morgan fingerprint density at radius 2 is 1.79 bits per heavy atom. The van der Waals surface area contributed by atoms with Crippen molar-refractivity contribution in [2.45, 2.75) is 32.5 Å². The van der Waals surface area contributed by atoms with Crippen molar-refractivity contribution in [1.82, 2.24) is 4.72 Å². The molecule has 0 heterocycles. The van der Waals surface area contributed by atoms with Gasteiger partial charge >= 0.3 is 6.18 Å². The van der Waals surface area contributed by atoms with Crippen LogP contribution in [0.4, 0.5) is 13.2 Å². The fourth-order valence-electron chi connectivity index (χ4n) is 1.29. The molecule has 0 radical (unpaired) electrons. The first-order valence-corrected chi connectivity index (χ1v) is 6.01. The summed E-state index contributed by atoms with van der Waals surface area (Å²) in [7, 11) is -3.59. The van der Waals surface area contributed by atoms with Gasteiger partial charge in [-0.1, -0.05) is 6.92 Å². The van der Waals surface area contributed by atoms with Gasteiger partial charge in [0.15, 0.2) is 0 Å². The van der Waals surface area contributed by atoms with E-state index in [-0.39, 0.29) is 6.42 Å². The van der Waals surface area contributed by atoms with Gasteiger partial charge in [0.1, 0.15) is 0 Å². The first kappa shape index (κ1) is 13.7. The molecule has 14 heavy (non-hydrogen) atoms. The first-order valence-electron chi connectivity index (χ1n) is 4.12. The minimum atomic E-state index is -4.37. The van der Waals surface area contributed by atoms with Gasteiger partial charge in [-0.2, -0.15) is 13.2 Å². The lowest BCUT2D eigenvalue weighted by Crippen LogP contribution is -2.43. The van der Waals surface area contributed by atoms with Crippen LogP contribution in [-0.2, 0) is 10.0 Å². The molecular weight excluding hydrogens is 219 g/mol. The van der Waals surface area contributed by atoms with E-state index in [4.69, 9.17) is 0 Å². The third-order valence-electron chi connectivity index (χ3n) is 1.86. The molecule has 1 N–H and O–H groups in total. The van der Waals surface area contributed by atoms with Gasteiger partial charge in [-0.05, 0) is 13.3 Å². The van der Waals surface area contributed by atoms with E-state index in [2.05, 4.69) is 0 Å². The summed E-state index contributed by atoms with van der Waals surface area (Å²) < 4.78 is 60.3. The SMILES string of the molecule is CCC(C(C)NS(C)(=O)=O)C(F)(F)F. The number of rotatable bonds is 4. The predicted molar refractivity (Wildman–Crippen MR) is 47.3 cm³/mol. The molecule has 0 aliphatic heterocycles. The maximum Gasteiger partial charge on any atom is 0.393 e. The second kappa shape index (κ2) is 4.48. The number of halogens is 3. The number of hydrogen-bond acceptors (Lipinski definition) is 2. The van der Waals surface area contributed by atoms with Gasteiger partial charge in [-0.15, -0.1) is 0 Å². The molecule has 3 nitrogen and oxygen atoms in total. The molecule has 0 saturated heterocycles. The molecule has 2 unspecified atom stereocenters. The molecule has 0 saturated carbocycles. The van der Waals surface area contributed by atoms with Crippen LogP contribution < -0.4 is 4.72 Å². The highest BCUT2D eigenvalue weighted by Crippen LogP contribution is 2.31. The third kappa shape index (κ3) is 4.80. The summed E-state index contributed by atoms with van der Waals surface area (Å²) in [5.41, 5.74) is 0. The number of hydrogen-bond donors (Lipinski definition) is 1. The Kier molecular flexibility index (Phi) is 4.38. The van der Waals surface area contributed by atoms with Crippen molar-refractivity contribution in [2.24, 2.45) is 5.92 Å². The van der Waals surface area contributed by atoms with E-state index in [1.54, 1.807) is 0 Å². The Hall–Kier alpha value is -0.300. The van der Waals surface area contributed by atoms with Gasteiger partial charge in [-0.25, -0.2) is 13.1 Å². The number of nitrogens with one attached hydrogen (secondary N) is 1. The molecule has 0 aliphatic rings. The fraction of sp³-hybridized carbons (Fsp3) is 1.00. The molecule has 0 aliphatic carbocycles. The van der Waals surface area contributed by atoms with Crippen LogP contribution in [0.1, 0.15) is 20.3 Å². The quantitative estimate of drug-likeness (QED) is 0.800. The smallest absolute Gasteiger partial charge is 0.213 e. The van der Waals surface area contributed by atoms with E-state index in [0.29, 0.717) is 0 Å². The van der Waals surface area contributed by atoms with Crippen molar-refractivity contribution in [1.29, 1.82) is 0 Å². The van der Waals surface area contributed by atoms with Crippen LogP contribution in [0.5, 0.6) is 0 Å². The van der Waals surface area contributed by atoms with Gasteiger partial charge in [0.05, 0.1) is 12.2 Å². The molecular formula is C7H14F3NO2S. The zero-order valence-electron chi connectivity index (χ0n) is 8.22. The molecule has 7 heteroatoms. The van der Waals surface area contributed by atoms with Gasteiger partial charge < -0.3 is 0 Å². The Morgan fingerprint density at radius 1 is 1.36 bits per heavy atom. The van der Waals surface area contributed by atoms with E-state index in [1.807, 2.05) is 4.72 Å². The Bertz CT molecular complexity index is 273. The second-order valence-electron chi connectivity index (χ2n) is 3.24. The van der Waals surface area contributed by atoms with Crippen molar-refractivity contribution in [3.05, 3.63) is 0 Å². The molecule has 0 aromatic rings. The molecule has 0 rings (SSSR count). The Balaban J connectivity index is 4.57. The minimum Gasteiger partial charge on any atom is -0.213 e. The first-order chi connectivity index (χ1) is 6.08. The van der Waals surface area contributed by atoms with Crippen LogP contribution in [-0.4, -0.2) is 26.9 Å². The topological polar surface area (TPSA) is 46.2 Å². The lowest BCUT2D eigenvalue weighted by Gasteiger charge is -2.25. The van der Waals surface area contributed by atoms with Crippen LogP contribution in [0.25, 0.3) is 0 Å². The number of alkyl halides is 3. The second-order valence-corrected chi connectivity index (χ2v) is 5.02. The summed E-state index contributed by atoms with van der Waals surface area (Å²) in [4.78, 5) is 0. The summed E-state index contributed by atoms with van der Waals surface area (Å²) in [6.45, 7) is 2.58. The molecule has 0 aromatic carbocycles. The molecule has 0 bridgehead atoms. The summed E-state index contributed by atoms with van der Waals surface area (Å²) in [5.74, 6) is -1.64. The van der Waals surface area contributed by atoms with Crippen molar-refractivity contribution >= 4 is 10.0 Å². The Labute approximate surface area is 81.7 Å². The average molecular weight is 233 g/mol. The summed E-state index contributed by atoms with van der Waals surface area (Å²) in [6.07, 6.45) is -3.67. The normalized spacial score (nSPS) is 17.9. The van der Waals surface area contributed by atoms with E-state index < -0.39 is 28.2 Å². The largest absolute Gasteiger partial charge is 0.393 e.